The van der Waals surface area contributed by atoms with Gasteiger partial charge in [0.1, 0.15) is 17.8 Å². The fourth-order valence-electron chi connectivity index (χ4n) is 2.62. The van der Waals surface area contributed by atoms with Crippen molar-refractivity contribution in [3.8, 4) is 0 Å². The standard InChI is InChI=1S/C10H19O7P/c1-7-8-9(17-18(11,12)14-3)10(16-7,6-13-2)4-5-15-8/h7-9H,4-6H2,1-3H3,(H,11,12)/t7-,8?,9+,10+/m0/s1. The lowest BCUT2D eigenvalue weighted by molar-refractivity contribution is -0.141. The summed E-state index contributed by atoms with van der Waals surface area (Å²) in [6.45, 7) is 2.64. The first kappa shape index (κ1) is 14.4. The molecule has 0 saturated carbocycles. The molecule has 0 spiro atoms. The van der Waals surface area contributed by atoms with E-state index >= 15 is 0 Å². The zero-order chi connectivity index (χ0) is 13.4. The van der Waals surface area contributed by atoms with E-state index in [9.17, 15) is 9.46 Å². The highest BCUT2D eigenvalue weighted by molar-refractivity contribution is 7.47. The van der Waals surface area contributed by atoms with Crippen LogP contribution in [0, 0.1) is 0 Å². The molecule has 2 aliphatic rings. The lowest BCUT2D eigenvalue weighted by Crippen LogP contribution is -2.52. The van der Waals surface area contributed by atoms with Crippen LogP contribution in [0.1, 0.15) is 13.3 Å². The molecular weight excluding hydrogens is 263 g/mol. The normalized spacial score (nSPS) is 42.8. The number of methoxy groups -OCH3 is 1. The number of rotatable bonds is 5. The monoisotopic (exact) mass is 282 g/mol. The van der Waals surface area contributed by atoms with Gasteiger partial charge in [-0.15, -0.1) is 0 Å². The summed E-state index contributed by atoms with van der Waals surface area (Å²) in [5.41, 5.74) is -0.742. The van der Waals surface area contributed by atoms with Crippen LogP contribution >= 0.6 is 7.82 Å². The van der Waals surface area contributed by atoms with Crippen molar-refractivity contribution in [1.29, 1.82) is 0 Å². The third-order valence-corrected chi connectivity index (χ3v) is 4.36. The first-order chi connectivity index (χ1) is 8.44. The van der Waals surface area contributed by atoms with Gasteiger partial charge in [-0.3, -0.25) is 9.05 Å². The molecule has 2 bridgehead atoms. The molecule has 0 radical (unpaired) electrons. The van der Waals surface area contributed by atoms with Crippen LogP contribution in [0.5, 0.6) is 0 Å². The Bertz CT molecular complexity index is 345. The molecule has 0 aromatic heterocycles. The maximum Gasteiger partial charge on any atom is 0.472 e. The molecule has 2 fully saturated rings. The molecule has 106 valence electrons. The van der Waals surface area contributed by atoms with Gasteiger partial charge in [0.05, 0.1) is 19.3 Å². The van der Waals surface area contributed by atoms with Gasteiger partial charge in [-0.2, -0.15) is 0 Å². The van der Waals surface area contributed by atoms with E-state index in [1.54, 1.807) is 7.11 Å². The molecule has 0 aromatic carbocycles. The molecule has 2 heterocycles. The van der Waals surface area contributed by atoms with Crippen molar-refractivity contribution in [2.75, 3.05) is 27.4 Å². The number of hydrogen-bond donors (Lipinski definition) is 1. The van der Waals surface area contributed by atoms with Crippen LogP contribution < -0.4 is 0 Å². The smallest absolute Gasteiger partial charge is 0.382 e. The molecular formula is C10H19O7P. The third kappa shape index (κ3) is 2.49. The van der Waals surface area contributed by atoms with Gasteiger partial charge in [-0.05, 0) is 6.92 Å². The Hall–Kier alpha value is -0.0100. The van der Waals surface area contributed by atoms with Crippen molar-refractivity contribution >= 4 is 7.82 Å². The van der Waals surface area contributed by atoms with Crippen LogP contribution in [-0.4, -0.2) is 56.2 Å². The average molecular weight is 282 g/mol. The van der Waals surface area contributed by atoms with Gasteiger partial charge in [0.2, 0.25) is 0 Å². The fourth-order valence-corrected chi connectivity index (χ4v) is 3.30. The lowest BCUT2D eigenvalue weighted by atomic mass is 9.90. The van der Waals surface area contributed by atoms with Crippen molar-refractivity contribution < 1.29 is 32.7 Å². The highest BCUT2D eigenvalue weighted by Gasteiger charge is 2.59. The topological polar surface area (TPSA) is 83.5 Å². The van der Waals surface area contributed by atoms with E-state index in [1.807, 2.05) is 6.92 Å². The Labute approximate surface area is 106 Å². The lowest BCUT2D eigenvalue weighted by Gasteiger charge is -2.38. The minimum absolute atomic E-state index is 0.218. The highest BCUT2D eigenvalue weighted by Crippen LogP contribution is 2.51. The molecule has 2 saturated heterocycles. The van der Waals surface area contributed by atoms with Gasteiger partial charge in [0, 0.05) is 20.6 Å². The Morgan fingerprint density at radius 2 is 2.22 bits per heavy atom. The summed E-state index contributed by atoms with van der Waals surface area (Å²) in [5.74, 6) is 0. The molecule has 5 atom stereocenters. The zero-order valence-corrected chi connectivity index (χ0v) is 11.6. The minimum Gasteiger partial charge on any atom is -0.382 e. The maximum atomic E-state index is 11.6. The summed E-state index contributed by atoms with van der Waals surface area (Å²) in [5, 5.41) is 0. The number of phosphoric acid groups is 1. The zero-order valence-electron chi connectivity index (χ0n) is 10.7. The maximum absolute atomic E-state index is 11.6. The van der Waals surface area contributed by atoms with Crippen LogP contribution in [0.3, 0.4) is 0 Å². The van der Waals surface area contributed by atoms with E-state index in [1.165, 1.54) is 0 Å². The van der Waals surface area contributed by atoms with E-state index in [4.69, 9.17) is 18.7 Å². The highest BCUT2D eigenvalue weighted by atomic mass is 31.2. The number of hydrogen-bond acceptors (Lipinski definition) is 6. The van der Waals surface area contributed by atoms with E-state index in [0.717, 1.165) is 7.11 Å². The third-order valence-electron chi connectivity index (χ3n) is 3.40. The van der Waals surface area contributed by atoms with Crippen molar-refractivity contribution in [2.24, 2.45) is 0 Å². The molecule has 0 amide bonds. The molecule has 1 N–H and O–H groups in total. The van der Waals surface area contributed by atoms with E-state index in [2.05, 4.69) is 4.52 Å². The molecule has 2 aliphatic heterocycles. The molecule has 7 nitrogen and oxygen atoms in total. The van der Waals surface area contributed by atoms with Crippen LogP contribution in [0.25, 0.3) is 0 Å². The number of ether oxygens (including phenoxy) is 3. The summed E-state index contributed by atoms with van der Waals surface area (Å²) < 4.78 is 37.8. The minimum atomic E-state index is -4.08. The van der Waals surface area contributed by atoms with Crippen molar-refractivity contribution in [3.63, 3.8) is 0 Å². The Morgan fingerprint density at radius 3 is 2.83 bits per heavy atom. The average Bonchev–Trinajstić information content (AvgIpc) is 2.47. The molecule has 0 aromatic rings. The molecule has 8 heteroatoms. The van der Waals surface area contributed by atoms with Crippen LogP contribution in [0.15, 0.2) is 0 Å². The van der Waals surface area contributed by atoms with E-state index in [0.29, 0.717) is 13.0 Å². The van der Waals surface area contributed by atoms with Gasteiger partial charge < -0.3 is 19.1 Å². The van der Waals surface area contributed by atoms with Crippen molar-refractivity contribution in [2.45, 2.75) is 37.3 Å². The van der Waals surface area contributed by atoms with Crippen LogP contribution in [0.2, 0.25) is 0 Å². The SMILES string of the molecule is COC[C@@]12CCOC([C@H](C)O1)[C@H]2OP(=O)(O)OC. The largest absolute Gasteiger partial charge is 0.472 e. The van der Waals surface area contributed by atoms with Gasteiger partial charge >= 0.3 is 7.82 Å². The predicted octanol–water partition coefficient (Wildman–Crippen LogP) is 0.711. The summed E-state index contributed by atoms with van der Waals surface area (Å²) in [4.78, 5) is 9.47. The Kier molecular flexibility index (Phi) is 4.14. The quantitative estimate of drug-likeness (QED) is 0.743. The van der Waals surface area contributed by atoms with Crippen molar-refractivity contribution in [1.82, 2.24) is 0 Å². The second-order valence-corrected chi connectivity index (χ2v) is 6.10. The summed E-state index contributed by atoms with van der Waals surface area (Å²) in [6.07, 6.45) is -0.721. The summed E-state index contributed by atoms with van der Waals surface area (Å²) >= 11 is 0. The van der Waals surface area contributed by atoms with Crippen LogP contribution in [0.4, 0.5) is 0 Å². The molecule has 2 unspecified atom stereocenters. The van der Waals surface area contributed by atoms with Gasteiger partial charge in [0.25, 0.3) is 0 Å². The Balaban J connectivity index is 2.22. The fraction of sp³-hybridized carbons (Fsp3) is 1.00. The van der Waals surface area contributed by atoms with Gasteiger partial charge in [-0.25, -0.2) is 4.57 Å². The Morgan fingerprint density at radius 1 is 1.50 bits per heavy atom. The summed E-state index contributed by atoms with van der Waals surface area (Å²) in [6, 6.07) is 0. The molecule has 18 heavy (non-hydrogen) atoms. The van der Waals surface area contributed by atoms with E-state index in [-0.39, 0.29) is 18.8 Å². The molecule has 2 rings (SSSR count). The van der Waals surface area contributed by atoms with Crippen LogP contribution in [-0.2, 0) is 27.8 Å². The predicted molar refractivity (Wildman–Crippen MR) is 61.2 cm³/mol. The first-order valence-electron chi connectivity index (χ1n) is 5.79. The second-order valence-electron chi connectivity index (χ2n) is 4.58. The number of fused-ring (bicyclic) bond motifs is 2. The summed E-state index contributed by atoms with van der Waals surface area (Å²) in [7, 11) is -1.41. The van der Waals surface area contributed by atoms with E-state index < -0.39 is 19.5 Å². The van der Waals surface area contributed by atoms with Crippen molar-refractivity contribution in [3.05, 3.63) is 0 Å². The second kappa shape index (κ2) is 5.17. The van der Waals surface area contributed by atoms with Gasteiger partial charge in [-0.1, -0.05) is 0 Å². The molecule has 0 aliphatic carbocycles. The first-order valence-corrected chi connectivity index (χ1v) is 7.29. The van der Waals surface area contributed by atoms with Gasteiger partial charge in [0.15, 0.2) is 0 Å². The number of phosphoric ester groups is 1.